The summed E-state index contributed by atoms with van der Waals surface area (Å²) in [6, 6.07) is 41.4. The maximum absolute atomic E-state index is 6.16. The van der Waals surface area contributed by atoms with Gasteiger partial charge in [0, 0.05) is 11.1 Å². The van der Waals surface area contributed by atoms with Crippen LogP contribution < -0.4 is 5.32 Å². The van der Waals surface area contributed by atoms with Gasteiger partial charge in [-0.15, -0.1) is 0 Å². The Balaban J connectivity index is 1.34. The number of para-hydroxylation sites is 1. The van der Waals surface area contributed by atoms with E-state index in [0.29, 0.717) is 0 Å². The normalized spacial score (nSPS) is 15.2. The summed E-state index contributed by atoms with van der Waals surface area (Å²) in [6.45, 7) is 0. The minimum atomic E-state index is -0.329. The molecule has 0 aliphatic heterocycles. The van der Waals surface area contributed by atoms with Gasteiger partial charge in [0.2, 0.25) is 0 Å². The average Bonchev–Trinajstić information content (AvgIpc) is 3.53. The van der Waals surface area contributed by atoms with Crippen molar-refractivity contribution in [2.24, 2.45) is 0 Å². The molecule has 1 heterocycles. The van der Waals surface area contributed by atoms with Gasteiger partial charge in [0.15, 0.2) is 0 Å². The second-order valence-corrected chi connectivity index (χ2v) is 10.5. The minimum absolute atomic E-state index is 0.329. The first kappa shape index (κ1) is 22.2. The molecule has 2 nitrogen and oxygen atoms in total. The number of allylic oxidation sites excluding steroid dienone is 4. The quantitative estimate of drug-likeness (QED) is 0.260. The summed E-state index contributed by atoms with van der Waals surface area (Å²) in [6.07, 6.45) is 8.96. The summed E-state index contributed by atoms with van der Waals surface area (Å²) in [5.41, 5.74) is 11.7. The van der Waals surface area contributed by atoms with Crippen molar-refractivity contribution in [3.63, 3.8) is 0 Å². The van der Waals surface area contributed by atoms with Crippen molar-refractivity contribution < 1.29 is 4.42 Å². The first-order valence-electron chi connectivity index (χ1n) is 13.7. The number of nitrogens with one attached hydrogen (secondary N) is 1. The van der Waals surface area contributed by atoms with Gasteiger partial charge in [0.1, 0.15) is 11.2 Å². The minimum Gasteiger partial charge on any atom is -0.456 e. The van der Waals surface area contributed by atoms with E-state index in [1.54, 1.807) is 0 Å². The number of fused-ring (bicyclic) bond motifs is 6. The molecule has 1 aromatic heterocycles. The van der Waals surface area contributed by atoms with E-state index < -0.39 is 0 Å². The lowest BCUT2D eigenvalue weighted by molar-refractivity contribution is 0.669. The topological polar surface area (TPSA) is 25.2 Å². The van der Waals surface area contributed by atoms with Crippen LogP contribution in [-0.4, -0.2) is 0 Å². The SMILES string of the molecule is C1=CCCC(C2(c3cccc(Nc4cccc5oc6ccccc6c45)c3)c3ccccc3-c3ccccc32)=C1. The molecule has 1 N–H and O–H groups in total. The Hall–Kier alpha value is -4.82. The van der Waals surface area contributed by atoms with Crippen LogP contribution >= 0.6 is 0 Å². The zero-order chi connectivity index (χ0) is 25.8. The third-order valence-corrected chi connectivity index (χ3v) is 8.42. The predicted molar refractivity (Wildman–Crippen MR) is 162 cm³/mol. The van der Waals surface area contributed by atoms with Crippen LogP contribution in [0.25, 0.3) is 33.1 Å². The summed E-state index contributed by atoms with van der Waals surface area (Å²) in [5, 5.41) is 6.01. The van der Waals surface area contributed by atoms with Crippen molar-refractivity contribution in [1.82, 2.24) is 0 Å². The Morgan fingerprint density at radius 1 is 0.667 bits per heavy atom. The van der Waals surface area contributed by atoms with Crippen LogP contribution in [-0.2, 0) is 5.41 Å². The fraction of sp³-hybridized carbons (Fsp3) is 0.0811. The van der Waals surface area contributed by atoms with Crippen LogP contribution in [0.1, 0.15) is 29.5 Å². The van der Waals surface area contributed by atoms with Crippen LogP contribution in [0.5, 0.6) is 0 Å². The van der Waals surface area contributed by atoms with Gasteiger partial charge in [-0.2, -0.15) is 0 Å². The summed E-state index contributed by atoms with van der Waals surface area (Å²) < 4.78 is 6.16. The molecule has 0 spiro atoms. The van der Waals surface area contributed by atoms with Gasteiger partial charge in [-0.05, 0) is 71.0 Å². The predicted octanol–water partition coefficient (Wildman–Crippen LogP) is 9.92. The van der Waals surface area contributed by atoms with Crippen molar-refractivity contribution in [3.8, 4) is 11.1 Å². The van der Waals surface area contributed by atoms with E-state index in [2.05, 4.69) is 121 Å². The van der Waals surface area contributed by atoms with Crippen LogP contribution in [0, 0.1) is 0 Å². The molecule has 186 valence electrons. The van der Waals surface area contributed by atoms with E-state index in [1.165, 1.54) is 33.4 Å². The maximum Gasteiger partial charge on any atom is 0.137 e. The molecule has 5 aromatic carbocycles. The zero-order valence-corrected chi connectivity index (χ0v) is 21.5. The second kappa shape index (κ2) is 8.61. The number of anilines is 2. The van der Waals surface area contributed by atoms with Gasteiger partial charge in [-0.3, -0.25) is 0 Å². The van der Waals surface area contributed by atoms with Gasteiger partial charge < -0.3 is 9.73 Å². The van der Waals surface area contributed by atoms with E-state index in [0.717, 1.165) is 46.2 Å². The van der Waals surface area contributed by atoms with Crippen LogP contribution in [0.3, 0.4) is 0 Å². The van der Waals surface area contributed by atoms with E-state index in [4.69, 9.17) is 4.42 Å². The third kappa shape index (κ3) is 3.21. The summed E-state index contributed by atoms with van der Waals surface area (Å²) in [5.74, 6) is 0. The summed E-state index contributed by atoms with van der Waals surface area (Å²) in [4.78, 5) is 0. The molecule has 2 heteroatoms. The molecule has 0 atom stereocenters. The molecular formula is C37H27NO. The van der Waals surface area contributed by atoms with Gasteiger partial charge >= 0.3 is 0 Å². The fourth-order valence-electron chi connectivity index (χ4n) is 6.86. The molecule has 0 saturated heterocycles. The first-order valence-corrected chi connectivity index (χ1v) is 13.7. The molecule has 6 aromatic rings. The molecule has 8 rings (SSSR count). The Bertz CT molecular complexity index is 1910. The molecular weight excluding hydrogens is 474 g/mol. The monoisotopic (exact) mass is 501 g/mol. The highest BCUT2D eigenvalue weighted by Crippen LogP contribution is 2.57. The highest BCUT2D eigenvalue weighted by atomic mass is 16.3. The Morgan fingerprint density at radius 2 is 1.38 bits per heavy atom. The lowest BCUT2D eigenvalue weighted by atomic mass is 9.65. The highest BCUT2D eigenvalue weighted by molar-refractivity contribution is 6.12. The largest absolute Gasteiger partial charge is 0.456 e. The zero-order valence-electron chi connectivity index (χ0n) is 21.5. The molecule has 0 amide bonds. The molecule has 0 unspecified atom stereocenters. The number of benzene rings is 5. The Morgan fingerprint density at radius 3 is 2.18 bits per heavy atom. The lowest BCUT2D eigenvalue weighted by Crippen LogP contribution is -2.30. The highest BCUT2D eigenvalue weighted by Gasteiger charge is 2.46. The fourth-order valence-corrected chi connectivity index (χ4v) is 6.86. The number of hydrogen-bond acceptors (Lipinski definition) is 2. The lowest BCUT2D eigenvalue weighted by Gasteiger charge is -2.37. The summed E-state index contributed by atoms with van der Waals surface area (Å²) >= 11 is 0. The van der Waals surface area contributed by atoms with Crippen molar-refractivity contribution in [3.05, 3.63) is 156 Å². The van der Waals surface area contributed by atoms with Crippen molar-refractivity contribution >= 4 is 33.3 Å². The number of hydrogen-bond donors (Lipinski definition) is 1. The standard InChI is InChI=1S/C37H27NO/c1-2-12-25(13-3-1)37(31-19-7-4-16-28(31)29-17-5-8-20-32(29)37)26-14-10-15-27(24-26)38-33-21-11-23-35-36(33)30-18-6-9-22-34(30)39-35/h1-2,4-12,14-24,38H,3,13H2. The van der Waals surface area contributed by atoms with E-state index in [-0.39, 0.29) is 5.41 Å². The second-order valence-electron chi connectivity index (χ2n) is 10.5. The number of furan rings is 1. The van der Waals surface area contributed by atoms with E-state index >= 15 is 0 Å². The molecule has 39 heavy (non-hydrogen) atoms. The van der Waals surface area contributed by atoms with Gasteiger partial charge in [0.25, 0.3) is 0 Å². The van der Waals surface area contributed by atoms with Crippen LogP contribution in [0.15, 0.2) is 143 Å². The molecule has 0 bridgehead atoms. The molecule has 0 fully saturated rings. The van der Waals surface area contributed by atoms with E-state index in [9.17, 15) is 0 Å². The molecule has 2 aliphatic rings. The van der Waals surface area contributed by atoms with Crippen molar-refractivity contribution in [1.29, 1.82) is 0 Å². The summed E-state index contributed by atoms with van der Waals surface area (Å²) in [7, 11) is 0. The van der Waals surface area contributed by atoms with Gasteiger partial charge in [0.05, 0.1) is 16.5 Å². The van der Waals surface area contributed by atoms with Gasteiger partial charge in [-0.25, -0.2) is 0 Å². The average molecular weight is 502 g/mol. The Labute approximate surface area is 227 Å². The van der Waals surface area contributed by atoms with Crippen LogP contribution in [0.2, 0.25) is 0 Å². The van der Waals surface area contributed by atoms with Crippen molar-refractivity contribution in [2.45, 2.75) is 18.3 Å². The smallest absolute Gasteiger partial charge is 0.137 e. The van der Waals surface area contributed by atoms with E-state index in [1.807, 2.05) is 18.2 Å². The third-order valence-electron chi connectivity index (χ3n) is 8.42. The first-order chi connectivity index (χ1) is 19.3. The van der Waals surface area contributed by atoms with Gasteiger partial charge in [-0.1, -0.05) is 109 Å². The molecule has 0 saturated carbocycles. The van der Waals surface area contributed by atoms with Crippen molar-refractivity contribution in [2.75, 3.05) is 5.32 Å². The molecule has 2 aliphatic carbocycles. The maximum atomic E-state index is 6.16. The Kier molecular flexibility index (Phi) is 4.90. The number of rotatable bonds is 4. The van der Waals surface area contributed by atoms with Crippen LogP contribution in [0.4, 0.5) is 11.4 Å². The molecule has 0 radical (unpaired) electrons.